The Hall–Kier alpha value is -3.51. The minimum atomic E-state index is -5.02. The highest BCUT2D eigenvalue weighted by Gasteiger charge is 2.35. The van der Waals surface area contributed by atoms with Gasteiger partial charge >= 0.3 is 11.9 Å². The molecule has 0 radical (unpaired) electrons. The Morgan fingerprint density at radius 2 is 1.75 bits per heavy atom. The number of aromatic nitrogens is 1. The van der Waals surface area contributed by atoms with E-state index in [0.29, 0.717) is 6.07 Å². The summed E-state index contributed by atoms with van der Waals surface area (Å²) in [6, 6.07) is 4.35. The summed E-state index contributed by atoms with van der Waals surface area (Å²) in [4.78, 5) is 37.9. The number of aryl methyl sites for hydroxylation is 1. The van der Waals surface area contributed by atoms with Crippen LogP contribution in [0.15, 0.2) is 50.1 Å². The Morgan fingerprint density at radius 3 is 2.36 bits per heavy atom. The van der Waals surface area contributed by atoms with Crippen molar-refractivity contribution in [3.05, 3.63) is 90.3 Å². The fraction of sp³-hybridized carbons (Fsp3) is 0.0870. The molecule has 0 bridgehead atoms. The molecule has 0 atom stereocenters. The summed E-state index contributed by atoms with van der Waals surface area (Å²) in [6.07, 6.45) is -5.02. The van der Waals surface area contributed by atoms with Crippen LogP contribution in [0.25, 0.3) is 22.2 Å². The summed E-state index contributed by atoms with van der Waals surface area (Å²) in [7, 11) is 1.30. The number of halogens is 7. The lowest BCUT2D eigenvalue weighted by Gasteiger charge is -2.17. The number of carbonyl (C=O) groups is 2. The van der Waals surface area contributed by atoms with Crippen molar-refractivity contribution in [2.75, 3.05) is 0 Å². The molecule has 2 N–H and O–H groups in total. The van der Waals surface area contributed by atoms with Crippen LogP contribution in [0.4, 0.5) is 22.0 Å². The van der Waals surface area contributed by atoms with Crippen LogP contribution in [0.5, 0.6) is 0 Å². The maximum absolute atomic E-state index is 15.3. The zero-order valence-corrected chi connectivity index (χ0v) is 20.1. The topological polar surface area (TPSA) is 95.3 Å². The summed E-state index contributed by atoms with van der Waals surface area (Å²) in [5.41, 5.74) is 0.684. The number of ketones is 1. The van der Waals surface area contributed by atoms with Gasteiger partial charge in [-0.2, -0.15) is 13.2 Å². The number of amides is 1. The number of nitrogens with two attached hydrogens (primary N) is 1. The SMILES string of the molecule is Cn1c(=O)oc2cc(-c3c(F)cc(C(F)(F)F)cc3C(N)=O)c(C(=O)c3cc(F)ccc3Cl)c(Br)c21. The second-order valence-electron chi connectivity index (χ2n) is 7.58. The summed E-state index contributed by atoms with van der Waals surface area (Å²) < 4.78 is 75.1. The fourth-order valence-electron chi connectivity index (χ4n) is 3.72. The predicted octanol–water partition coefficient (Wildman–Crippen LogP) is 5.84. The van der Waals surface area contributed by atoms with Crippen molar-refractivity contribution >= 4 is 50.3 Å². The van der Waals surface area contributed by atoms with E-state index in [9.17, 15) is 31.9 Å². The normalized spacial score (nSPS) is 11.8. The standard InChI is InChI=1S/C23H11BrClF5N2O4/c1-32-19-15(36-22(32)35)7-11(16-12(21(31)34)4-8(5-14(16)27)23(28,29)30)17(18(19)24)20(33)10-6-9(26)2-3-13(10)25/h2-7H,1H3,(H2,31,34). The summed E-state index contributed by atoms with van der Waals surface area (Å²) in [5.74, 6) is -5.68. The fourth-order valence-corrected chi connectivity index (χ4v) is 4.78. The molecule has 0 aliphatic heterocycles. The molecule has 6 nitrogen and oxygen atoms in total. The van der Waals surface area contributed by atoms with E-state index in [-0.39, 0.29) is 32.2 Å². The van der Waals surface area contributed by atoms with Crippen LogP contribution >= 0.6 is 27.5 Å². The van der Waals surface area contributed by atoms with Crippen molar-refractivity contribution in [1.82, 2.24) is 4.57 Å². The molecule has 13 heteroatoms. The minimum absolute atomic E-state index is 0.0209. The van der Waals surface area contributed by atoms with E-state index < -0.39 is 63.1 Å². The van der Waals surface area contributed by atoms with E-state index in [1.165, 1.54) is 7.05 Å². The molecule has 0 saturated heterocycles. The van der Waals surface area contributed by atoms with Gasteiger partial charge < -0.3 is 10.2 Å². The van der Waals surface area contributed by atoms with E-state index in [2.05, 4.69) is 15.9 Å². The third-order valence-corrected chi connectivity index (χ3v) is 6.47. The number of hydrogen-bond donors (Lipinski definition) is 1. The average Bonchev–Trinajstić information content (AvgIpc) is 3.07. The number of carbonyl (C=O) groups excluding carboxylic acids is 2. The number of rotatable bonds is 4. The number of nitrogens with zero attached hydrogens (tertiary/aromatic N) is 1. The molecule has 1 heterocycles. The molecule has 1 amide bonds. The van der Waals surface area contributed by atoms with Crippen molar-refractivity contribution in [3.63, 3.8) is 0 Å². The highest BCUT2D eigenvalue weighted by atomic mass is 79.9. The van der Waals surface area contributed by atoms with Gasteiger partial charge in [-0.25, -0.2) is 13.6 Å². The van der Waals surface area contributed by atoms with Crippen molar-refractivity contribution in [3.8, 4) is 11.1 Å². The maximum Gasteiger partial charge on any atom is 0.419 e. The third kappa shape index (κ3) is 4.20. The summed E-state index contributed by atoms with van der Waals surface area (Å²) in [6.45, 7) is 0. The molecule has 186 valence electrons. The Morgan fingerprint density at radius 1 is 1.08 bits per heavy atom. The zero-order valence-electron chi connectivity index (χ0n) is 17.8. The van der Waals surface area contributed by atoms with Gasteiger partial charge in [0.25, 0.3) is 0 Å². The molecule has 4 aromatic rings. The first-order valence-corrected chi connectivity index (χ1v) is 10.9. The highest BCUT2D eigenvalue weighted by Crippen LogP contribution is 2.42. The molecule has 1 aromatic heterocycles. The van der Waals surface area contributed by atoms with Crippen LogP contribution in [0.2, 0.25) is 5.02 Å². The second-order valence-corrected chi connectivity index (χ2v) is 8.78. The predicted molar refractivity (Wildman–Crippen MR) is 123 cm³/mol. The summed E-state index contributed by atoms with van der Waals surface area (Å²) in [5, 5.41) is -0.191. The number of oxazole rings is 1. The number of benzene rings is 3. The Labute approximate surface area is 211 Å². The van der Waals surface area contributed by atoms with Gasteiger partial charge in [0, 0.05) is 29.3 Å². The molecular formula is C23H11BrClF5N2O4. The lowest BCUT2D eigenvalue weighted by atomic mass is 9.89. The van der Waals surface area contributed by atoms with Crippen LogP contribution in [0.1, 0.15) is 31.8 Å². The quantitative estimate of drug-likeness (QED) is 0.239. The second kappa shape index (κ2) is 8.86. The number of primary amides is 1. The third-order valence-electron chi connectivity index (χ3n) is 5.36. The molecule has 0 fully saturated rings. The van der Waals surface area contributed by atoms with Gasteiger partial charge in [-0.15, -0.1) is 0 Å². The molecule has 0 aliphatic carbocycles. The van der Waals surface area contributed by atoms with E-state index in [0.717, 1.165) is 28.8 Å². The van der Waals surface area contributed by atoms with Crippen LogP contribution < -0.4 is 11.5 Å². The summed E-state index contributed by atoms with van der Waals surface area (Å²) >= 11 is 9.25. The Bertz CT molecular complexity index is 1660. The minimum Gasteiger partial charge on any atom is -0.408 e. The van der Waals surface area contributed by atoms with Crippen molar-refractivity contribution < 1.29 is 36.0 Å². The van der Waals surface area contributed by atoms with Gasteiger partial charge in [-0.1, -0.05) is 11.6 Å². The smallest absolute Gasteiger partial charge is 0.408 e. The Kier molecular flexibility index (Phi) is 6.29. The first-order valence-electron chi connectivity index (χ1n) is 9.75. The van der Waals surface area contributed by atoms with Gasteiger partial charge in [-0.3, -0.25) is 14.2 Å². The first-order chi connectivity index (χ1) is 16.7. The monoisotopic (exact) mass is 588 g/mol. The van der Waals surface area contributed by atoms with Crippen molar-refractivity contribution in [1.29, 1.82) is 0 Å². The van der Waals surface area contributed by atoms with Gasteiger partial charge in [0.15, 0.2) is 11.4 Å². The molecule has 0 unspecified atom stereocenters. The number of fused-ring (bicyclic) bond motifs is 1. The van der Waals surface area contributed by atoms with E-state index in [4.69, 9.17) is 21.8 Å². The molecule has 36 heavy (non-hydrogen) atoms. The van der Waals surface area contributed by atoms with Crippen molar-refractivity contribution in [2.45, 2.75) is 6.18 Å². The largest absolute Gasteiger partial charge is 0.419 e. The number of alkyl halides is 3. The molecular weight excluding hydrogens is 579 g/mol. The van der Waals surface area contributed by atoms with Crippen LogP contribution in [-0.4, -0.2) is 16.3 Å². The van der Waals surface area contributed by atoms with Crippen LogP contribution in [-0.2, 0) is 13.2 Å². The molecule has 4 rings (SSSR count). The van der Waals surface area contributed by atoms with Gasteiger partial charge in [-0.05, 0) is 52.3 Å². The van der Waals surface area contributed by atoms with E-state index >= 15 is 4.39 Å². The van der Waals surface area contributed by atoms with E-state index in [1.807, 2.05) is 0 Å². The van der Waals surface area contributed by atoms with Crippen molar-refractivity contribution in [2.24, 2.45) is 12.8 Å². The molecule has 0 aliphatic rings. The zero-order chi connectivity index (χ0) is 26.7. The molecule has 3 aromatic carbocycles. The lowest BCUT2D eigenvalue weighted by Crippen LogP contribution is -2.17. The molecule has 0 spiro atoms. The first kappa shape index (κ1) is 25.6. The van der Waals surface area contributed by atoms with Gasteiger partial charge in [0.2, 0.25) is 5.91 Å². The Balaban J connectivity index is 2.18. The van der Waals surface area contributed by atoms with Gasteiger partial charge in [0.1, 0.15) is 17.2 Å². The molecule has 0 saturated carbocycles. The van der Waals surface area contributed by atoms with Gasteiger partial charge in [0.05, 0.1) is 20.6 Å². The lowest BCUT2D eigenvalue weighted by molar-refractivity contribution is -0.137. The highest BCUT2D eigenvalue weighted by molar-refractivity contribution is 9.10. The van der Waals surface area contributed by atoms with Crippen LogP contribution in [0.3, 0.4) is 0 Å². The average molecular weight is 590 g/mol. The van der Waals surface area contributed by atoms with Crippen LogP contribution in [0, 0.1) is 11.6 Å². The maximum atomic E-state index is 15.3. The van der Waals surface area contributed by atoms with E-state index in [1.54, 1.807) is 0 Å². The number of hydrogen-bond acceptors (Lipinski definition) is 4.